The molecular weight excluding hydrogens is 286 g/mol. The van der Waals surface area contributed by atoms with Crippen LogP contribution in [0.3, 0.4) is 0 Å². The van der Waals surface area contributed by atoms with Crippen LogP contribution in [0.25, 0.3) is 0 Å². The number of benzene rings is 1. The second-order valence-corrected chi connectivity index (χ2v) is 6.22. The lowest BCUT2D eigenvalue weighted by Gasteiger charge is -2.28. The molecule has 1 aliphatic heterocycles. The van der Waals surface area contributed by atoms with Crippen LogP contribution in [0.1, 0.15) is 6.42 Å². The lowest BCUT2D eigenvalue weighted by molar-refractivity contribution is -0.121. The molecule has 1 heterocycles. The van der Waals surface area contributed by atoms with Crippen LogP contribution in [-0.2, 0) is 9.59 Å². The Morgan fingerprint density at radius 1 is 1.38 bits per heavy atom. The van der Waals surface area contributed by atoms with Crippen molar-refractivity contribution in [3.05, 3.63) is 24.3 Å². The molecule has 21 heavy (non-hydrogen) atoms. The second kappa shape index (κ2) is 7.47. The Hall–Kier alpha value is -1.53. The summed E-state index contributed by atoms with van der Waals surface area (Å²) in [5.74, 6) is 0.499. The molecule has 1 aromatic rings. The van der Waals surface area contributed by atoms with Crippen molar-refractivity contribution < 1.29 is 9.59 Å². The largest absolute Gasteiger partial charge is 0.355 e. The number of nitrogens with one attached hydrogen (secondary N) is 1. The summed E-state index contributed by atoms with van der Waals surface area (Å²) in [7, 11) is 3.93. The first kappa shape index (κ1) is 15.9. The molecule has 0 spiro atoms. The molecule has 0 atom stereocenters. The zero-order valence-electron chi connectivity index (χ0n) is 12.5. The maximum Gasteiger partial charge on any atom is 0.237 e. The zero-order valence-corrected chi connectivity index (χ0v) is 13.3. The van der Waals surface area contributed by atoms with Crippen molar-refractivity contribution in [2.75, 3.05) is 44.4 Å². The number of anilines is 1. The number of amides is 2. The number of hydrogen-bond donors (Lipinski definition) is 1. The fourth-order valence-electron chi connectivity index (χ4n) is 2.12. The molecule has 0 saturated carbocycles. The average Bonchev–Trinajstić information content (AvgIpc) is 2.46. The summed E-state index contributed by atoms with van der Waals surface area (Å²) in [6.07, 6.45) is 0.332. The van der Waals surface area contributed by atoms with Gasteiger partial charge in [-0.05, 0) is 26.2 Å². The smallest absolute Gasteiger partial charge is 0.237 e. The Morgan fingerprint density at radius 3 is 2.90 bits per heavy atom. The Kier molecular flexibility index (Phi) is 5.64. The number of rotatable bonds is 6. The molecule has 1 aliphatic rings. The molecule has 2 rings (SSSR count). The third kappa shape index (κ3) is 4.47. The van der Waals surface area contributed by atoms with Gasteiger partial charge in [0.2, 0.25) is 11.8 Å². The second-order valence-electron chi connectivity index (χ2n) is 5.21. The highest BCUT2D eigenvalue weighted by molar-refractivity contribution is 8.00. The molecule has 0 aromatic heterocycles. The summed E-state index contributed by atoms with van der Waals surface area (Å²) in [5.41, 5.74) is 0.917. The highest BCUT2D eigenvalue weighted by Crippen LogP contribution is 2.34. The molecule has 0 bridgehead atoms. The number of likely N-dealkylation sites (N-methyl/N-ethyl adjacent to an activating group) is 1. The predicted octanol–water partition coefficient (Wildman–Crippen LogP) is 1.19. The molecule has 1 N–H and O–H groups in total. The van der Waals surface area contributed by atoms with E-state index >= 15 is 0 Å². The fourth-order valence-corrected chi connectivity index (χ4v) is 3.06. The average molecular weight is 307 g/mol. The van der Waals surface area contributed by atoms with Gasteiger partial charge in [-0.15, -0.1) is 11.8 Å². The highest BCUT2D eigenvalue weighted by Gasteiger charge is 2.24. The molecular formula is C15H21N3O2S. The van der Waals surface area contributed by atoms with Gasteiger partial charge in [-0.1, -0.05) is 12.1 Å². The van der Waals surface area contributed by atoms with Gasteiger partial charge in [0.05, 0.1) is 11.4 Å². The first-order chi connectivity index (χ1) is 10.1. The topological polar surface area (TPSA) is 52.7 Å². The molecule has 0 saturated heterocycles. The summed E-state index contributed by atoms with van der Waals surface area (Å²) in [6.45, 7) is 1.88. The van der Waals surface area contributed by atoms with E-state index in [0.29, 0.717) is 25.3 Å². The van der Waals surface area contributed by atoms with Crippen molar-refractivity contribution in [1.29, 1.82) is 0 Å². The van der Waals surface area contributed by atoms with Gasteiger partial charge < -0.3 is 15.1 Å². The zero-order chi connectivity index (χ0) is 15.2. The van der Waals surface area contributed by atoms with Gasteiger partial charge in [0.1, 0.15) is 0 Å². The lowest BCUT2D eigenvalue weighted by Crippen LogP contribution is -2.39. The Labute approximate surface area is 129 Å². The van der Waals surface area contributed by atoms with Gasteiger partial charge in [-0.3, -0.25) is 9.59 Å². The minimum Gasteiger partial charge on any atom is -0.355 e. The number of nitrogens with zero attached hydrogens (tertiary/aromatic N) is 2. The Balaban J connectivity index is 1.88. The van der Waals surface area contributed by atoms with E-state index in [-0.39, 0.29) is 11.8 Å². The molecule has 0 radical (unpaired) electrons. The quantitative estimate of drug-likeness (QED) is 0.858. The number of para-hydroxylation sites is 1. The van der Waals surface area contributed by atoms with E-state index in [0.717, 1.165) is 17.1 Å². The van der Waals surface area contributed by atoms with E-state index in [9.17, 15) is 9.59 Å². The minimum atomic E-state index is -0.0136. The van der Waals surface area contributed by atoms with Gasteiger partial charge in [-0.25, -0.2) is 0 Å². The van der Waals surface area contributed by atoms with E-state index in [1.165, 1.54) is 0 Å². The van der Waals surface area contributed by atoms with Crippen molar-refractivity contribution in [2.24, 2.45) is 0 Å². The number of hydrogen-bond acceptors (Lipinski definition) is 4. The van der Waals surface area contributed by atoms with E-state index in [4.69, 9.17) is 0 Å². The molecule has 2 amide bonds. The van der Waals surface area contributed by atoms with E-state index in [2.05, 4.69) is 5.32 Å². The van der Waals surface area contributed by atoms with E-state index < -0.39 is 0 Å². The predicted molar refractivity (Wildman–Crippen MR) is 85.7 cm³/mol. The van der Waals surface area contributed by atoms with Crippen LogP contribution in [0.4, 0.5) is 5.69 Å². The molecule has 0 unspecified atom stereocenters. The van der Waals surface area contributed by atoms with Crippen molar-refractivity contribution in [1.82, 2.24) is 10.2 Å². The molecule has 0 aliphatic carbocycles. The first-order valence-electron chi connectivity index (χ1n) is 7.01. The standard InChI is InChI=1S/C15H21N3O2S/c1-17(2)10-8-16-14(19)7-9-18-12-5-3-4-6-13(12)21-11-15(18)20/h3-6H,7-11H2,1-2H3,(H,16,19). The van der Waals surface area contributed by atoms with Gasteiger partial charge in [0, 0.05) is 31.0 Å². The van der Waals surface area contributed by atoms with Crippen LogP contribution < -0.4 is 10.2 Å². The SMILES string of the molecule is CN(C)CCNC(=O)CCN1C(=O)CSc2ccccc21. The normalized spacial score (nSPS) is 14.2. The summed E-state index contributed by atoms with van der Waals surface area (Å²) in [6, 6.07) is 7.83. The van der Waals surface area contributed by atoms with Crippen LogP contribution >= 0.6 is 11.8 Å². The number of carbonyl (C=O) groups is 2. The molecule has 5 nitrogen and oxygen atoms in total. The Morgan fingerprint density at radius 2 is 2.14 bits per heavy atom. The first-order valence-corrected chi connectivity index (χ1v) is 8.00. The third-order valence-corrected chi connectivity index (χ3v) is 4.30. The number of thioether (sulfide) groups is 1. The fraction of sp³-hybridized carbons (Fsp3) is 0.467. The molecule has 1 aromatic carbocycles. The summed E-state index contributed by atoms with van der Waals surface area (Å²) in [4.78, 5) is 28.7. The van der Waals surface area contributed by atoms with Crippen LogP contribution in [0.2, 0.25) is 0 Å². The van der Waals surface area contributed by atoms with Gasteiger partial charge >= 0.3 is 0 Å². The maximum atomic E-state index is 12.0. The van der Waals surface area contributed by atoms with Crippen molar-refractivity contribution in [3.8, 4) is 0 Å². The molecule has 0 fully saturated rings. The van der Waals surface area contributed by atoms with Crippen LogP contribution in [0.5, 0.6) is 0 Å². The molecule has 6 heteroatoms. The van der Waals surface area contributed by atoms with E-state index in [1.54, 1.807) is 16.7 Å². The van der Waals surface area contributed by atoms with Crippen molar-refractivity contribution in [2.45, 2.75) is 11.3 Å². The van der Waals surface area contributed by atoms with Gasteiger partial charge in [0.15, 0.2) is 0 Å². The third-order valence-electron chi connectivity index (χ3n) is 3.25. The van der Waals surface area contributed by atoms with Crippen LogP contribution in [0, 0.1) is 0 Å². The van der Waals surface area contributed by atoms with Crippen molar-refractivity contribution >= 4 is 29.3 Å². The lowest BCUT2D eigenvalue weighted by atomic mass is 10.2. The van der Waals surface area contributed by atoms with E-state index in [1.807, 2.05) is 43.3 Å². The Bertz CT molecular complexity index is 519. The highest BCUT2D eigenvalue weighted by atomic mass is 32.2. The van der Waals surface area contributed by atoms with Gasteiger partial charge in [-0.2, -0.15) is 0 Å². The monoisotopic (exact) mass is 307 g/mol. The molecule has 114 valence electrons. The summed E-state index contributed by atoms with van der Waals surface area (Å²) >= 11 is 1.55. The summed E-state index contributed by atoms with van der Waals surface area (Å²) < 4.78 is 0. The van der Waals surface area contributed by atoms with Gasteiger partial charge in [0.25, 0.3) is 0 Å². The summed E-state index contributed by atoms with van der Waals surface area (Å²) in [5, 5.41) is 2.87. The van der Waals surface area contributed by atoms with Crippen molar-refractivity contribution in [3.63, 3.8) is 0 Å². The van der Waals surface area contributed by atoms with Crippen LogP contribution in [-0.4, -0.2) is 56.2 Å². The number of carbonyl (C=O) groups excluding carboxylic acids is 2. The maximum absolute atomic E-state index is 12.0. The van der Waals surface area contributed by atoms with Crippen LogP contribution in [0.15, 0.2) is 29.2 Å². The minimum absolute atomic E-state index is 0.0136. The number of fused-ring (bicyclic) bond motifs is 1.